The highest BCUT2D eigenvalue weighted by atomic mass is 16.5. The molecule has 3 heterocycles. The summed E-state index contributed by atoms with van der Waals surface area (Å²) in [7, 11) is 0. The van der Waals surface area contributed by atoms with Crippen LogP contribution in [0.15, 0.2) is 27.8 Å². The van der Waals surface area contributed by atoms with Crippen LogP contribution in [0.4, 0.5) is 0 Å². The summed E-state index contributed by atoms with van der Waals surface area (Å²) >= 11 is 0. The molecule has 1 atom stereocenters. The van der Waals surface area contributed by atoms with Crippen LogP contribution in [0.25, 0.3) is 0 Å². The molecule has 20 heavy (non-hydrogen) atoms. The van der Waals surface area contributed by atoms with Gasteiger partial charge in [-0.3, -0.25) is 9.59 Å². The number of hydrogen-bond donors (Lipinski definition) is 1. The maximum Gasteiger partial charge on any atom is 0.274 e. The lowest BCUT2D eigenvalue weighted by molar-refractivity contribution is 0.0724. The molecule has 1 amide bonds. The van der Waals surface area contributed by atoms with Gasteiger partial charge in [-0.1, -0.05) is 5.16 Å². The van der Waals surface area contributed by atoms with Gasteiger partial charge in [-0.2, -0.15) is 0 Å². The highest BCUT2D eigenvalue weighted by molar-refractivity contribution is 5.92. The Balaban J connectivity index is 1.86. The van der Waals surface area contributed by atoms with Gasteiger partial charge in [0.1, 0.15) is 17.1 Å². The molecule has 0 spiro atoms. The lowest BCUT2D eigenvalue weighted by Crippen LogP contribution is -2.32. The largest absolute Gasteiger partial charge is 0.361 e. The van der Waals surface area contributed by atoms with Crippen LogP contribution in [0, 0.1) is 6.92 Å². The predicted molar refractivity (Wildman–Crippen MR) is 69.1 cm³/mol. The number of aromatic amines is 1. The van der Waals surface area contributed by atoms with Crippen LogP contribution in [-0.4, -0.2) is 32.5 Å². The molecular weight excluding hydrogens is 260 g/mol. The van der Waals surface area contributed by atoms with Crippen LogP contribution in [0.3, 0.4) is 0 Å². The minimum Gasteiger partial charge on any atom is -0.361 e. The second-order valence-electron chi connectivity index (χ2n) is 4.82. The summed E-state index contributed by atoms with van der Waals surface area (Å²) in [4.78, 5) is 31.5. The van der Waals surface area contributed by atoms with E-state index in [2.05, 4.69) is 15.1 Å². The number of nitrogens with zero attached hydrogens (tertiary/aromatic N) is 3. The van der Waals surface area contributed by atoms with Gasteiger partial charge in [0.15, 0.2) is 0 Å². The van der Waals surface area contributed by atoms with Crippen molar-refractivity contribution in [1.82, 2.24) is 20.0 Å². The molecule has 0 radical (unpaired) electrons. The summed E-state index contributed by atoms with van der Waals surface area (Å²) in [5.74, 6) is 0.519. The summed E-state index contributed by atoms with van der Waals surface area (Å²) in [6.45, 7) is 2.47. The third-order valence-corrected chi connectivity index (χ3v) is 3.39. The maximum absolute atomic E-state index is 12.4. The zero-order chi connectivity index (χ0) is 14.1. The third-order valence-electron chi connectivity index (χ3n) is 3.39. The van der Waals surface area contributed by atoms with Crippen molar-refractivity contribution < 1.29 is 9.32 Å². The number of amides is 1. The van der Waals surface area contributed by atoms with Crippen LogP contribution in [0.5, 0.6) is 0 Å². The molecule has 1 fully saturated rings. The Kier molecular flexibility index (Phi) is 3.09. The number of carbonyl (C=O) groups is 1. The Bertz CT molecular complexity index is 670. The molecule has 0 bridgehead atoms. The molecule has 1 aliphatic heterocycles. The van der Waals surface area contributed by atoms with Crippen LogP contribution in [-0.2, 0) is 0 Å². The van der Waals surface area contributed by atoms with E-state index in [1.54, 1.807) is 4.90 Å². The zero-order valence-corrected chi connectivity index (χ0v) is 11.0. The Morgan fingerprint density at radius 3 is 3.05 bits per heavy atom. The van der Waals surface area contributed by atoms with E-state index >= 15 is 0 Å². The molecule has 2 aromatic rings. The van der Waals surface area contributed by atoms with E-state index in [1.807, 2.05) is 13.0 Å². The SMILES string of the molecule is Cc1cc([C@H]2CCCN2C(=O)c2c[nH]c(=O)cn2)no1. The van der Waals surface area contributed by atoms with Gasteiger partial charge in [-0.15, -0.1) is 0 Å². The Morgan fingerprint density at radius 2 is 2.40 bits per heavy atom. The van der Waals surface area contributed by atoms with E-state index in [4.69, 9.17) is 4.52 Å². The molecule has 7 heteroatoms. The minimum atomic E-state index is -0.327. The van der Waals surface area contributed by atoms with Crippen molar-refractivity contribution in [2.45, 2.75) is 25.8 Å². The number of H-pyrrole nitrogens is 1. The molecule has 104 valence electrons. The van der Waals surface area contributed by atoms with Crippen LogP contribution in [0.2, 0.25) is 0 Å². The average Bonchev–Trinajstić information content (AvgIpc) is 3.07. The lowest BCUT2D eigenvalue weighted by atomic mass is 10.1. The van der Waals surface area contributed by atoms with Gasteiger partial charge in [-0.05, 0) is 19.8 Å². The summed E-state index contributed by atoms with van der Waals surface area (Å²) in [5.41, 5.74) is 0.668. The van der Waals surface area contributed by atoms with E-state index in [0.717, 1.165) is 30.5 Å². The number of rotatable bonds is 2. The monoisotopic (exact) mass is 274 g/mol. The molecule has 0 unspecified atom stereocenters. The highest BCUT2D eigenvalue weighted by Gasteiger charge is 2.33. The fraction of sp³-hybridized carbons (Fsp3) is 0.385. The number of aromatic nitrogens is 3. The quantitative estimate of drug-likeness (QED) is 0.883. The molecule has 0 saturated carbocycles. The first kappa shape index (κ1) is 12.6. The average molecular weight is 274 g/mol. The van der Waals surface area contributed by atoms with Gasteiger partial charge in [0.25, 0.3) is 11.5 Å². The van der Waals surface area contributed by atoms with Gasteiger partial charge >= 0.3 is 0 Å². The predicted octanol–water partition coefficient (Wildman–Crippen LogP) is 1.04. The number of aryl methyl sites for hydroxylation is 1. The van der Waals surface area contributed by atoms with Crippen molar-refractivity contribution >= 4 is 5.91 Å². The summed E-state index contributed by atoms with van der Waals surface area (Å²) < 4.78 is 5.08. The standard InChI is InChI=1S/C13H14N4O3/c1-8-5-9(16-20-8)11-3-2-4-17(11)13(19)10-6-15-12(18)7-14-10/h5-7,11H,2-4H2,1H3,(H,15,18)/t11-/m1/s1. The lowest BCUT2D eigenvalue weighted by Gasteiger charge is -2.22. The van der Waals surface area contributed by atoms with Gasteiger partial charge in [0.2, 0.25) is 0 Å². The van der Waals surface area contributed by atoms with Crippen LogP contribution in [0.1, 0.15) is 40.8 Å². The van der Waals surface area contributed by atoms with Crippen molar-refractivity contribution in [3.63, 3.8) is 0 Å². The van der Waals surface area contributed by atoms with Crippen molar-refractivity contribution in [1.29, 1.82) is 0 Å². The molecule has 3 rings (SSSR count). The second-order valence-corrected chi connectivity index (χ2v) is 4.82. The van der Waals surface area contributed by atoms with E-state index in [9.17, 15) is 9.59 Å². The van der Waals surface area contributed by atoms with E-state index in [-0.39, 0.29) is 23.2 Å². The van der Waals surface area contributed by atoms with E-state index in [0.29, 0.717) is 6.54 Å². The van der Waals surface area contributed by atoms with Gasteiger partial charge in [-0.25, -0.2) is 4.98 Å². The van der Waals surface area contributed by atoms with Crippen molar-refractivity contribution in [3.05, 3.63) is 46.0 Å². The number of likely N-dealkylation sites (tertiary alicyclic amines) is 1. The molecule has 0 aromatic carbocycles. The molecule has 2 aromatic heterocycles. The van der Waals surface area contributed by atoms with Crippen LogP contribution >= 0.6 is 0 Å². The van der Waals surface area contributed by atoms with E-state index < -0.39 is 0 Å². The smallest absolute Gasteiger partial charge is 0.274 e. The molecule has 1 N–H and O–H groups in total. The molecular formula is C13H14N4O3. The fourth-order valence-corrected chi connectivity index (χ4v) is 2.47. The number of nitrogens with one attached hydrogen (secondary N) is 1. The molecule has 7 nitrogen and oxygen atoms in total. The summed E-state index contributed by atoms with van der Waals surface area (Å²) in [6.07, 6.45) is 4.21. The van der Waals surface area contributed by atoms with Crippen molar-refractivity contribution in [3.8, 4) is 0 Å². The molecule has 1 aliphatic rings. The van der Waals surface area contributed by atoms with Crippen molar-refractivity contribution in [2.75, 3.05) is 6.54 Å². The van der Waals surface area contributed by atoms with Gasteiger partial charge in [0.05, 0.1) is 12.2 Å². The van der Waals surface area contributed by atoms with Crippen molar-refractivity contribution in [2.24, 2.45) is 0 Å². The molecule has 0 aliphatic carbocycles. The number of carbonyl (C=O) groups excluding carboxylic acids is 1. The zero-order valence-electron chi connectivity index (χ0n) is 11.0. The summed E-state index contributed by atoms with van der Waals surface area (Å²) in [6, 6.07) is 1.75. The van der Waals surface area contributed by atoms with E-state index in [1.165, 1.54) is 6.20 Å². The van der Waals surface area contributed by atoms with Crippen LogP contribution < -0.4 is 5.56 Å². The molecule has 1 saturated heterocycles. The Labute approximate surface area is 114 Å². The maximum atomic E-state index is 12.4. The first-order chi connectivity index (χ1) is 9.65. The minimum absolute atomic E-state index is 0.0892. The topological polar surface area (TPSA) is 92.1 Å². The first-order valence-corrected chi connectivity index (χ1v) is 6.44. The second kappa shape index (κ2) is 4.92. The Hall–Kier alpha value is -2.44. The Morgan fingerprint density at radius 1 is 1.55 bits per heavy atom. The van der Waals surface area contributed by atoms with Gasteiger partial charge in [0, 0.05) is 18.8 Å². The normalized spacial score (nSPS) is 18.4. The number of hydrogen-bond acceptors (Lipinski definition) is 5. The summed E-state index contributed by atoms with van der Waals surface area (Å²) in [5, 5.41) is 3.99. The highest BCUT2D eigenvalue weighted by Crippen LogP contribution is 2.32. The first-order valence-electron chi connectivity index (χ1n) is 6.44. The third kappa shape index (κ3) is 2.22. The van der Waals surface area contributed by atoms with Gasteiger partial charge < -0.3 is 14.4 Å². The fourth-order valence-electron chi connectivity index (χ4n) is 2.47.